The fraction of sp³-hybridized carbons (Fsp3) is 0.111. The molecule has 0 aromatic heterocycles. The number of nitrogens with zero attached hydrogens (tertiary/aromatic N) is 2. The van der Waals surface area contributed by atoms with Crippen molar-refractivity contribution >= 4 is 34.1 Å². The molecule has 56 heavy (non-hydrogen) atoms. The summed E-state index contributed by atoms with van der Waals surface area (Å²) in [7, 11) is 0. The fourth-order valence-corrected chi connectivity index (χ4v) is 7.53. The largest absolute Gasteiger partial charge is 0.310 e. The van der Waals surface area contributed by atoms with Gasteiger partial charge in [0.1, 0.15) is 0 Å². The molecule has 0 bridgehead atoms. The summed E-state index contributed by atoms with van der Waals surface area (Å²) in [5.74, 6) is 0. The highest BCUT2D eigenvalue weighted by atomic mass is 15.1. The van der Waals surface area contributed by atoms with Gasteiger partial charge in [0.15, 0.2) is 0 Å². The predicted molar refractivity (Wildman–Crippen MR) is 241 cm³/mol. The first-order valence-corrected chi connectivity index (χ1v) is 19.5. The predicted octanol–water partition coefficient (Wildman–Crippen LogP) is 15.5. The molecule has 0 amide bonds. The third kappa shape index (κ3) is 7.65. The molecule has 0 aliphatic heterocycles. The monoisotopic (exact) mass is 724 g/mol. The van der Waals surface area contributed by atoms with Gasteiger partial charge in [0, 0.05) is 34.1 Å². The zero-order valence-corrected chi connectivity index (χ0v) is 33.2. The van der Waals surface area contributed by atoms with Gasteiger partial charge in [-0.1, -0.05) is 113 Å². The van der Waals surface area contributed by atoms with Crippen molar-refractivity contribution in [2.75, 3.05) is 9.80 Å². The van der Waals surface area contributed by atoms with Crippen LogP contribution in [-0.2, 0) is 0 Å². The summed E-state index contributed by atoms with van der Waals surface area (Å²) in [5.41, 5.74) is 21.4. The summed E-state index contributed by atoms with van der Waals surface area (Å²) >= 11 is 0. The molecule has 0 spiro atoms. The molecule has 8 aromatic carbocycles. The van der Waals surface area contributed by atoms with E-state index < -0.39 is 0 Å². The van der Waals surface area contributed by atoms with Crippen LogP contribution in [0.3, 0.4) is 0 Å². The second-order valence-corrected chi connectivity index (χ2v) is 15.2. The van der Waals surface area contributed by atoms with Crippen LogP contribution in [0.15, 0.2) is 182 Å². The molecular weight excluding hydrogens is 677 g/mol. The van der Waals surface area contributed by atoms with Crippen molar-refractivity contribution in [2.45, 2.75) is 41.5 Å². The van der Waals surface area contributed by atoms with Crippen LogP contribution < -0.4 is 9.80 Å². The smallest absolute Gasteiger partial charge is 0.0467 e. The summed E-state index contributed by atoms with van der Waals surface area (Å²) in [6.07, 6.45) is 0. The maximum Gasteiger partial charge on any atom is 0.0467 e. The lowest BCUT2D eigenvalue weighted by Gasteiger charge is -2.27. The Morgan fingerprint density at radius 1 is 0.250 bits per heavy atom. The molecule has 8 rings (SSSR count). The Kier molecular flexibility index (Phi) is 10.1. The lowest BCUT2D eigenvalue weighted by molar-refractivity contribution is 1.26. The molecule has 0 atom stereocenters. The quantitative estimate of drug-likeness (QED) is 0.146. The number of anilines is 6. The van der Waals surface area contributed by atoms with E-state index in [4.69, 9.17) is 0 Å². The van der Waals surface area contributed by atoms with Crippen molar-refractivity contribution in [3.8, 4) is 33.4 Å². The third-order valence-corrected chi connectivity index (χ3v) is 10.8. The van der Waals surface area contributed by atoms with Crippen molar-refractivity contribution < 1.29 is 0 Å². The summed E-state index contributed by atoms with van der Waals surface area (Å²) in [6, 6.07) is 66.9. The van der Waals surface area contributed by atoms with Gasteiger partial charge in [-0.2, -0.15) is 0 Å². The van der Waals surface area contributed by atoms with E-state index in [1.54, 1.807) is 0 Å². The molecule has 0 unspecified atom stereocenters. The third-order valence-electron chi connectivity index (χ3n) is 10.8. The van der Waals surface area contributed by atoms with Gasteiger partial charge in [0.05, 0.1) is 0 Å². The zero-order chi connectivity index (χ0) is 38.8. The standard InChI is InChI=1S/C54H48N2/c1-37-12-22-47(23-13-37)55(48-24-14-38(2)15-25-48)51-30-20-41(5)53(35-51)45-32-44(43-10-8-7-9-11-43)33-46(34-45)54-36-52(31-21-42(54)6)56(49-26-16-39(3)17-27-49)50-28-18-40(4)19-29-50/h7-36H,1-6H3. The number of hydrogen-bond acceptors (Lipinski definition) is 2. The molecule has 8 aromatic rings. The van der Waals surface area contributed by atoms with Crippen LogP contribution in [0.25, 0.3) is 33.4 Å². The molecule has 0 saturated carbocycles. The van der Waals surface area contributed by atoms with Gasteiger partial charge in [-0.25, -0.2) is 0 Å². The Morgan fingerprint density at radius 3 is 0.893 bits per heavy atom. The van der Waals surface area contributed by atoms with E-state index in [-0.39, 0.29) is 0 Å². The maximum absolute atomic E-state index is 2.38. The molecule has 0 aliphatic rings. The lowest BCUT2D eigenvalue weighted by atomic mass is 9.90. The first kappa shape index (κ1) is 36.3. The van der Waals surface area contributed by atoms with Crippen molar-refractivity contribution in [3.63, 3.8) is 0 Å². The van der Waals surface area contributed by atoms with Crippen LogP contribution in [0.4, 0.5) is 34.1 Å². The molecule has 0 saturated heterocycles. The molecule has 0 radical (unpaired) electrons. The summed E-state index contributed by atoms with van der Waals surface area (Å²) in [4.78, 5) is 4.73. The Bertz CT molecular complexity index is 2350. The van der Waals surface area contributed by atoms with E-state index in [1.165, 1.54) is 66.8 Å². The molecule has 0 heterocycles. The topological polar surface area (TPSA) is 6.48 Å². The van der Waals surface area contributed by atoms with Gasteiger partial charge in [0.2, 0.25) is 0 Å². The van der Waals surface area contributed by atoms with Crippen LogP contribution >= 0.6 is 0 Å². The van der Waals surface area contributed by atoms with Gasteiger partial charge >= 0.3 is 0 Å². The Hall–Kier alpha value is -6.64. The number of hydrogen-bond donors (Lipinski definition) is 0. The van der Waals surface area contributed by atoms with Crippen molar-refractivity contribution in [3.05, 3.63) is 215 Å². The molecule has 274 valence electrons. The Morgan fingerprint density at radius 2 is 0.554 bits per heavy atom. The second-order valence-electron chi connectivity index (χ2n) is 15.2. The van der Waals surface area contributed by atoms with E-state index in [2.05, 4.69) is 233 Å². The van der Waals surface area contributed by atoms with E-state index >= 15 is 0 Å². The minimum Gasteiger partial charge on any atom is -0.310 e. The molecule has 2 heteroatoms. The van der Waals surface area contributed by atoms with Crippen LogP contribution in [0, 0.1) is 41.5 Å². The average molecular weight is 725 g/mol. The summed E-state index contributed by atoms with van der Waals surface area (Å²) in [6.45, 7) is 13.0. The van der Waals surface area contributed by atoms with Crippen LogP contribution in [0.5, 0.6) is 0 Å². The first-order chi connectivity index (χ1) is 27.2. The van der Waals surface area contributed by atoms with Gasteiger partial charge < -0.3 is 9.80 Å². The van der Waals surface area contributed by atoms with Gasteiger partial charge in [-0.05, 0) is 177 Å². The fourth-order valence-electron chi connectivity index (χ4n) is 7.53. The van der Waals surface area contributed by atoms with Crippen molar-refractivity contribution in [1.82, 2.24) is 0 Å². The Labute approximate surface area is 333 Å². The molecule has 0 fully saturated rings. The van der Waals surface area contributed by atoms with Crippen LogP contribution in [-0.4, -0.2) is 0 Å². The van der Waals surface area contributed by atoms with Crippen molar-refractivity contribution in [1.29, 1.82) is 0 Å². The number of benzene rings is 8. The number of rotatable bonds is 9. The Balaban J connectivity index is 1.30. The minimum atomic E-state index is 1.12. The van der Waals surface area contributed by atoms with E-state index in [9.17, 15) is 0 Å². The highest BCUT2D eigenvalue weighted by Gasteiger charge is 2.18. The van der Waals surface area contributed by atoms with E-state index in [1.807, 2.05) is 0 Å². The van der Waals surface area contributed by atoms with Crippen LogP contribution in [0.1, 0.15) is 33.4 Å². The first-order valence-electron chi connectivity index (χ1n) is 19.5. The van der Waals surface area contributed by atoms with Crippen LogP contribution in [0.2, 0.25) is 0 Å². The number of aryl methyl sites for hydroxylation is 6. The maximum atomic E-state index is 2.38. The average Bonchev–Trinajstić information content (AvgIpc) is 3.22. The van der Waals surface area contributed by atoms with E-state index in [0.717, 1.165) is 34.1 Å². The molecule has 2 nitrogen and oxygen atoms in total. The van der Waals surface area contributed by atoms with Gasteiger partial charge in [0.25, 0.3) is 0 Å². The van der Waals surface area contributed by atoms with Gasteiger partial charge in [-0.15, -0.1) is 0 Å². The van der Waals surface area contributed by atoms with Gasteiger partial charge in [-0.3, -0.25) is 0 Å². The highest BCUT2D eigenvalue weighted by molar-refractivity contribution is 5.88. The van der Waals surface area contributed by atoms with E-state index in [0.29, 0.717) is 0 Å². The minimum absolute atomic E-state index is 1.12. The highest BCUT2D eigenvalue weighted by Crippen LogP contribution is 2.42. The lowest BCUT2D eigenvalue weighted by Crippen LogP contribution is -2.10. The second kappa shape index (κ2) is 15.6. The van der Waals surface area contributed by atoms with Crippen molar-refractivity contribution in [2.24, 2.45) is 0 Å². The normalized spacial score (nSPS) is 11.0. The summed E-state index contributed by atoms with van der Waals surface area (Å²) in [5, 5.41) is 0. The SMILES string of the molecule is Cc1ccc(N(c2ccc(C)cc2)c2ccc(C)c(-c3cc(-c4ccccc4)cc(-c4cc(N(c5ccc(C)cc5)c5ccc(C)cc5)ccc4C)c3)c2)cc1. The molecule has 0 aliphatic carbocycles. The molecule has 0 N–H and O–H groups in total. The summed E-state index contributed by atoms with van der Waals surface area (Å²) < 4.78 is 0. The zero-order valence-electron chi connectivity index (χ0n) is 33.2. The molecular formula is C54H48N2.